The van der Waals surface area contributed by atoms with Crippen LogP contribution in [0, 0.1) is 5.92 Å². The largest absolute Gasteiger partial charge is 0.480 e. The van der Waals surface area contributed by atoms with Gasteiger partial charge in [0.1, 0.15) is 12.1 Å². The summed E-state index contributed by atoms with van der Waals surface area (Å²) in [7, 11) is 0. The minimum Gasteiger partial charge on any atom is -0.480 e. The minimum atomic E-state index is -1.10. The summed E-state index contributed by atoms with van der Waals surface area (Å²) >= 11 is 1.59. The molecule has 0 aromatic carbocycles. The Bertz CT molecular complexity index is 434. The summed E-state index contributed by atoms with van der Waals surface area (Å²) in [4.78, 5) is 35.9. The Kier molecular flexibility index (Phi) is 12.3. The molecular weight excluding hydrogens is 344 g/mol. The molecule has 0 unspecified atom stereocenters. The molecule has 8 nitrogen and oxygen atoms in total. The Morgan fingerprint density at radius 2 is 1.72 bits per heavy atom. The molecule has 0 aromatic heterocycles. The molecule has 0 radical (unpaired) electrons. The quantitative estimate of drug-likeness (QED) is 0.282. The number of aliphatic carboxylic acids is 1. The normalized spacial score (nSPS) is 14.6. The maximum atomic E-state index is 12.4. The average Bonchev–Trinajstić information content (AvgIpc) is 2.55. The highest BCUT2D eigenvalue weighted by Gasteiger charge is 2.29. The van der Waals surface area contributed by atoms with Crippen LogP contribution in [0.25, 0.3) is 0 Å². The molecule has 0 rings (SSSR count). The van der Waals surface area contributed by atoms with E-state index in [-0.39, 0.29) is 5.92 Å². The first kappa shape index (κ1) is 23.7. The predicted molar refractivity (Wildman–Crippen MR) is 100 cm³/mol. The van der Waals surface area contributed by atoms with Crippen LogP contribution in [0.5, 0.6) is 0 Å². The lowest BCUT2D eigenvalue weighted by atomic mass is 10.0. The van der Waals surface area contributed by atoms with Gasteiger partial charge in [-0.15, -0.1) is 0 Å². The molecule has 146 valence electrons. The van der Waals surface area contributed by atoms with Crippen molar-refractivity contribution in [2.45, 2.75) is 57.7 Å². The van der Waals surface area contributed by atoms with Crippen LogP contribution in [0.3, 0.4) is 0 Å². The minimum absolute atomic E-state index is 0.199. The molecule has 9 heteroatoms. The number of hydrogen-bond acceptors (Lipinski definition) is 6. The average molecular weight is 377 g/mol. The number of thioether (sulfide) groups is 1. The van der Waals surface area contributed by atoms with Gasteiger partial charge in [0.05, 0.1) is 6.04 Å². The van der Waals surface area contributed by atoms with Gasteiger partial charge in [-0.2, -0.15) is 11.8 Å². The Labute approximate surface area is 153 Å². The molecule has 0 fully saturated rings. The molecule has 7 N–H and O–H groups in total. The number of unbranched alkanes of at least 4 members (excludes halogenated alkanes) is 1. The van der Waals surface area contributed by atoms with E-state index in [1.54, 1.807) is 25.6 Å². The second-order valence-corrected chi connectivity index (χ2v) is 7.29. The van der Waals surface area contributed by atoms with Gasteiger partial charge in [0, 0.05) is 0 Å². The Balaban J connectivity index is 4.80. The second-order valence-electron chi connectivity index (χ2n) is 6.30. The molecule has 0 aliphatic rings. The number of rotatable bonds is 13. The molecule has 0 saturated heterocycles. The molecule has 2 amide bonds. The standard InChI is InChI=1S/C16H32N4O4S/c1-10(2)13(20-14(21)11(18)7-9-25-3)15(22)19-12(16(23)24)6-4-5-8-17/h10-13H,4-9,17-18H2,1-3H3,(H,19,22)(H,20,21)(H,23,24)/t11-,12+,13-/m1/s1. The summed E-state index contributed by atoms with van der Waals surface area (Å²) in [6.45, 7) is 4.03. The van der Waals surface area contributed by atoms with Gasteiger partial charge in [0.15, 0.2) is 0 Å². The van der Waals surface area contributed by atoms with Crippen molar-refractivity contribution < 1.29 is 19.5 Å². The molecule has 0 spiro atoms. The van der Waals surface area contributed by atoms with Gasteiger partial charge in [-0.05, 0) is 50.2 Å². The van der Waals surface area contributed by atoms with Gasteiger partial charge >= 0.3 is 5.97 Å². The lowest BCUT2D eigenvalue weighted by Crippen LogP contribution is -2.56. The molecule has 0 aliphatic heterocycles. The van der Waals surface area contributed by atoms with Crippen LogP contribution < -0.4 is 22.1 Å². The Morgan fingerprint density at radius 1 is 1.08 bits per heavy atom. The third-order valence-corrected chi connectivity index (χ3v) is 4.42. The molecular formula is C16H32N4O4S. The molecule has 0 aromatic rings. The summed E-state index contributed by atoms with van der Waals surface area (Å²) in [5.74, 6) is -1.47. The molecule has 0 saturated carbocycles. The highest BCUT2D eigenvalue weighted by atomic mass is 32.2. The zero-order chi connectivity index (χ0) is 19.4. The molecule has 3 atom stereocenters. The van der Waals surface area contributed by atoms with Gasteiger partial charge in [-0.25, -0.2) is 4.79 Å². The monoisotopic (exact) mass is 376 g/mol. The first-order valence-corrected chi connectivity index (χ1v) is 9.92. The molecule has 0 bridgehead atoms. The third kappa shape index (κ3) is 9.66. The molecule has 25 heavy (non-hydrogen) atoms. The number of amides is 2. The van der Waals surface area contributed by atoms with Crippen LogP contribution in [0.15, 0.2) is 0 Å². The topological polar surface area (TPSA) is 148 Å². The highest BCUT2D eigenvalue weighted by Crippen LogP contribution is 2.07. The van der Waals surface area contributed by atoms with Crippen molar-refractivity contribution in [3.63, 3.8) is 0 Å². The van der Waals surface area contributed by atoms with Crippen molar-refractivity contribution >= 4 is 29.5 Å². The van der Waals surface area contributed by atoms with E-state index in [0.29, 0.717) is 32.2 Å². The van der Waals surface area contributed by atoms with E-state index in [0.717, 1.165) is 5.75 Å². The van der Waals surface area contributed by atoms with E-state index in [1.165, 1.54) is 0 Å². The Hall–Kier alpha value is -1.32. The van der Waals surface area contributed by atoms with Gasteiger partial charge in [0.25, 0.3) is 0 Å². The maximum absolute atomic E-state index is 12.4. The first-order valence-electron chi connectivity index (χ1n) is 8.52. The third-order valence-electron chi connectivity index (χ3n) is 3.78. The van der Waals surface area contributed by atoms with Gasteiger partial charge < -0.3 is 27.2 Å². The SMILES string of the molecule is CSCC[C@@H](N)C(=O)N[C@@H](C(=O)N[C@@H](CCCCN)C(=O)O)C(C)C. The number of carbonyl (C=O) groups excluding carboxylic acids is 2. The second kappa shape index (κ2) is 13.0. The van der Waals surface area contributed by atoms with E-state index in [2.05, 4.69) is 10.6 Å². The number of nitrogens with two attached hydrogens (primary N) is 2. The van der Waals surface area contributed by atoms with E-state index >= 15 is 0 Å². The maximum Gasteiger partial charge on any atom is 0.326 e. The van der Waals surface area contributed by atoms with Crippen molar-refractivity contribution in [2.24, 2.45) is 17.4 Å². The molecule has 0 aliphatic carbocycles. The summed E-state index contributed by atoms with van der Waals surface area (Å²) in [5.41, 5.74) is 11.2. The number of carboxylic acids is 1. The summed E-state index contributed by atoms with van der Waals surface area (Å²) < 4.78 is 0. The molecule has 0 heterocycles. The van der Waals surface area contributed by atoms with Crippen molar-refractivity contribution in [1.29, 1.82) is 0 Å². The van der Waals surface area contributed by atoms with Crippen LogP contribution in [0.2, 0.25) is 0 Å². The van der Waals surface area contributed by atoms with Crippen LogP contribution in [-0.4, -0.2) is 59.6 Å². The Morgan fingerprint density at radius 3 is 2.20 bits per heavy atom. The van der Waals surface area contributed by atoms with Crippen LogP contribution >= 0.6 is 11.8 Å². The number of carbonyl (C=O) groups is 3. The van der Waals surface area contributed by atoms with Crippen molar-refractivity contribution in [2.75, 3.05) is 18.6 Å². The zero-order valence-corrected chi connectivity index (χ0v) is 16.1. The highest BCUT2D eigenvalue weighted by molar-refractivity contribution is 7.98. The summed E-state index contributed by atoms with van der Waals surface area (Å²) in [6.07, 6.45) is 4.02. The van der Waals surface area contributed by atoms with Crippen molar-refractivity contribution in [3.8, 4) is 0 Å². The zero-order valence-electron chi connectivity index (χ0n) is 15.3. The first-order chi connectivity index (χ1) is 11.7. The predicted octanol–water partition coefficient (Wildman–Crippen LogP) is -0.0940. The van der Waals surface area contributed by atoms with Gasteiger partial charge in [0.2, 0.25) is 11.8 Å². The van der Waals surface area contributed by atoms with E-state index in [1.807, 2.05) is 6.26 Å². The fourth-order valence-corrected chi connectivity index (χ4v) is 2.67. The smallest absolute Gasteiger partial charge is 0.326 e. The van der Waals surface area contributed by atoms with Gasteiger partial charge in [-0.1, -0.05) is 13.8 Å². The fraction of sp³-hybridized carbons (Fsp3) is 0.812. The number of nitrogens with one attached hydrogen (secondary N) is 2. The summed E-state index contributed by atoms with van der Waals surface area (Å²) in [5, 5.41) is 14.4. The van der Waals surface area contributed by atoms with E-state index < -0.39 is 35.9 Å². The van der Waals surface area contributed by atoms with E-state index in [9.17, 15) is 19.5 Å². The van der Waals surface area contributed by atoms with Crippen LogP contribution in [-0.2, 0) is 14.4 Å². The van der Waals surface area contributed by atoms with Crippen LogP contribution in [0.1, 0.15) is 39.5 Å². The lowest BCUT2D eigenvalue weighted by molar-refractivity contribution is -0.142. The number of carboxylic acid groups (broad SMARTS) is 1. The number of hydrogen-bond donors (Lipinski definition) is 5. The van der Waals surface area contributed by atoms with E-state index in [4.69, 9.17) is 11.5 Å². The van der Waals surface area contributed by atoms with Crippen molar-refractivity contribution in [3.05, 3.63) is 0 Å². The summed E-state index contributed by atoms with van der Waals surface area (Å²) in [6, 6.07) is -2.52. The van der Waals surface area contributed by atoms with Gasteiger partial charge in [-0.3, -0.25) is 9.59 Å². The van der Waals surface area contributed by atoms with Crippen molar-refractivity contribution in [1.82, 2.24) is 10.6 Å². The van der Waals surface area contributed by atoms with Crippen LogP contribution in [0.4, 0.5) is 0 Å². The lowest BCUT2D eigenvalue weighted by Gasteiger charge is -2.25. The fourth-order valence-electron chi connectivity index (χ4n) is 2.18.